The van der Waals surface area contributed by atoms with Gasteiger partial charge >= 0.3 is 5.97 Å². The van der Waals surface area contributed by atoms with Gasteiger partial charge < -0.3 is 15.4 Å². The second kappa shape index (κ2) is 6.75. The molecule has 0 aromatic heterocycles. The fraction of sp³-hybridized carbons (Fsp3) is 0.562. The lowest BCUT2D eigenvalue weighted by Gasteiger charge is -2.21. The molecular weight excluding hydrogens is 252 g/mol. The van der Waals surface area contributed by atoms with Gasteiger partial charge in [-0.15, -0.1) is 0 Å². The van der Waals surface area contributed by atoms with Gasteiger partial charge in [0.05, 0.1) is 12.7 Å². The average molecular weight is 276 g/mol. The van der Waals surface area contributed by atoms with Gasteiger partial charge in [-0.25, -0.2) is 4.79 Å². The summed E-state index contributed by atoms with van der Waals surface area (Å²) >= 11 is 0. The minimum absolute atomic E-state index is 0.281. The number of ether oxygens (including phenoxy) is 1. The van der Waals surface area contributed by atoms with Crippen LogP contribution in [-0.2, 0) is 4.74 Å². The van der Waals surface area contributed by atoms with Crippen molar-refractivity contribution in [2.24, 2.45) is 0 Å². The van der Waals surface area contributed by atoms with Crippen molar-refractivity contribution < 1.29 is 9.53 Å². The monoisotopic (exact) mass is 276 g/mol. The number of benzene rings is 1. The number of methoxy groups -OCH3 is 1. The van der Waals surface area contributed by atoms with Gasteiger partial charge in [0.2, 0.25) is 0 Å². The van der Waals surface area contributed by atoms with Crippen LogP contribution in [0.1, 0.15) is 42.1 Å². The molecule has 2 atom stereocenters. The van der Waals surface area contributed by atoms with Gasteiger partial charge in [-0.05, 0) is 57.4 Å². The first-order valence-electron chi connectivity index (χ1n) is 7.29. The molecule has 0 aliphatic carbocycles. The van der Waals surface area contributed by atoms with E-state index in [-0.39, 0.29) is 5.97 Å². The summed E-state index contributed by atoms with van der Waals surface area (Å²) in [6.45, 7) is 5.27. The number of carbonyl (C=O) groups excluding carboxylic acids is 1. The molecule has 1 saturated heterocycles. The molecule has 0 amide bonds. The number of anilines is 1. The normalized spacial score (nSPS) is 19.6. The summed E-state index contributed by atoms with van der Waals surface area (Å²) in [6, 6.07) is 6.69. The van der Waals surface area contributed by atoms with Crippen LogP contribution < -0.4 is 10.6 Å². The van der Waals surface area contributed by atoms with Crippen molar-refractivity contribution in [2.45, 2.75) is 45.2 Å². The van der Waals surface area contributed by atoms with E-state index in [1.54, 1.807) is 6.07 Å². The zero-order chi connectivity index (χ0) is 14.5. The van der Waals surface area contributed by atoms with E-state index >= 15 is 0 Å². The first-order valence-corrected chi connectivity index (χ1v) is 7.29. The lowest BCUT2D eigenvalue weighted by molar-refractivity contribution is 0.0600. The molecule has 0 radical (unpaired) electrons. The molecule has 1 aromatic rings. The zero-order valence-corrected chi connectivity index (χ0v) is 12.5. The summed E-state index contributed by atoms with van der Waals surface area (Å²) < 4.78 is 4.81. The van der Waals surface area contributed by atoms with Gasteiger partial charge in [-0.2, -0.15) is 0 Å². The SMILES string of the molecule is COC(=O)c1cccc(NC(C)CC2CCCN2)c1C. The number of hydrogen-bond donors (Lipinski definition) is 2. The Morgan fingerprint density at radius 1 is 1.55 bits per heavy atom. The van der Waals surface area contributed by atoms with Crippen molar-refractivity contribution in [1.82, 2.24) is 5.32 Å². The minimum atomic E-state index is -0.281. The van der Waals surface area contributed by atoms with Gasteiger partial charge in [-0.1, -0.05) is 6.07 Å². The Morgan fingerprint density at radius 2 is 2.35 bits per heavy atom. The van der Waals surface area contributed by atoms with Crippen molar-refractivity contribution in [3.05, 3.63) is 29.3 Å². The molecule has 0 saturated carbocycles. The highest BCUT2D eigenvalue weighted by molar-refractivity contribution is 5.92. The molecule has 2 N–H and O–H groups in total. The van der Waals surface area contributed by atoms with Crippen LogP contribution in [0.25, 0.3) is 0 Å². The highest BCUT2D eigenvalue weighted by Crippen LogP contribution is 2.22. The largest absolute Gasteiger partial charge is 0.465 e. The van der Waals surface area contributed by atoms with Crippen LogP contribution in [0.15, 0.2) is 18.2 Å². The van der Waals surface area contributed by atoms with Crippen LogP contribution in [0.4, 0.5) is 5.69 Å². The molecule has 4 nitrogen and oxygen atoms in total. The summed E-state index contributed by atoms with van der Waals surface area (Å²) in [4.78, 5) is 11.7. The zero-order valence-electron chi connectivity index (χ0n) is 12.5. The van der Waals surface area contributed by atoms with E-state index < -0.39 is 0 Å². The predicted molar refractivity (Wildman–Crippen MR) is 81.2 cm³/mol. The first-order chi connectivity index (χ1) is 9.61. The van der Waals surface area contributed by atoms with Gasteiger partial charge in [0.1, 0.15) is 0 Å². The molecule has 1 aliphatic heterocycles. The quantitative estimate of drug-likeness (QED) is 0.812. The molecule has 1 aromatic carbocycles. The molecule has 2 unspecified atom stereocenters. The van der Waals surface area contributed by atoms with Gasteiger partial charge in [0.15, 0.2) is 0 Å². The van der Waals surface area contributed by atoms with Crippen LogP contribution >= 0.6 is 0 Å². The summed E-state index contributed by atoms with van der Waals surface area (Å²) in [5, 5.41) is 7.02. The van der Waals surface area contributed by atoms with Crippen LogP contribution in [-0.4, -0.2) is 31.7 Å². The van der Waals surface area contributed by atoms with Crippen molar-refractivity contribution >= 4 is 11.7 Å². The number of rotatable bonds is 5. The van der Waals surface area contributed by atoms with E-state index in [9.17, 15) is 4.79 Å². The van der Waals surface area contributed by atoms with Gasteiger partial charge in [0.25, 0.3) is 0 Å². The number of hydrogen-bond acceptors (Lipinski definition) is 4. The van der Waals surface area contributed by atoms with Crippen LogP contribution in [0, 0.1) is 6.92 Å². The van der Waals surface area contributed by atoms with E-state index in [2.05, 4.69) is 17.6 Å². The van der Waals surface area contributed by atoms with E-state index in [0.717, 1.165) is 24.2 Å². The third-order valence-corrected chi connectivity index (χ3v) is 3.94. The molecule has 20 heavy (non-hydrogen) atoms. The molecule has 110 valence electrons. The minimum Gasteiger partial charge on any atom is -0.465 e. The highest BCUT2D eigenvalue weighted by atomic mass is 16.5. The lowest BCUT2D eigenvalue weighted by atomic mass is 10.0. The molecule has 0 spiro atoms. The molecule has 1 heterocycles. The third kappa shape index (κ3) is 3.51. The molecule has 1 fully saturated rings. The molecular formula is C16H24N2O2. The summed E-state index contributed by atoms with van der Waals surface area (Å²) in [7, 11) is 1.41. The maximum absolute atomic E-state index is 11.7. The fourth-order valence-electron chi connectivity index (χ4n) is 2.83. The summed E-state index contributed by atoms with van der Waals surface area (Å²) in [5.74, 6) is -0.281. The Labute approximate surface area is 120 Å². The second-order valence-electron chi connectivity index (χ2n) is 5.54. The van der Waals surface area contributed by atoms with E-state index in [4.69, 9.17) is 4.74 Å². The maximum atomic E-state index is 11.7. The van der Waals surface area contributed by atoms with Gasteiger partial charge in [-0.3, -0.25) is 0 Å². The van der Waals surface area contributed by atoms with E-state index in [1.807, 2.05) is 19.1 Å². The number of nitrogens with one attached hydrogen (secondary N) is 2. The molecule has 2 rings (SSSR count). The summed E-state index contributed by atoms with van der Waals surface area (Å²) in [5.41, 5.74) is 2.59. The van der Waals surface area contributed by atoms with Crippen molar-refractivity contribution in [1.29, 1.82) is 0 Å². The van der Waals surface area contributed by atoms with Crippen molar-refractivity contribution in [2.75, 3.05) is 19.0 Å². The van der Waals surface area contributed by atoms with E-state index in [0.29, 0.717) is 17.6 Å². The number of carbonyl (C=O) groups is 1. The fourth-order valence-corrected chi connectivity index (χ4v) is 2.83. The Bertz CT molecular complexity index is 468. The Kier molecular flexibility index (Phi) is 5.01. The topological polar surface area (TPSA) is 50.4 Å². The molecule has 4 heteroatoms. The van der Waals surface area contributed by atoms with Crippen LogP contribution in [0.3, 0.4) is 0 Å². The highest BCUT2D eigenvalue weighted by Gasteiger charge is 2.18. The first kappa shape index (κ1) is 14.9. The van der Waals surface area contributed by atoms with E-state index in [1.165, 1.54) is 20.0 Å². The standard InChI is InChI=1S/C16H24N2O2/c1-11(10-13-6-5-9-17-13)18-15-8-4-7-14(12(15)2)16(19)20-3/h4,7-8,11,13,17-18H,5-6,9-10H2,1-3H3. The molecule has 0 bridgehead atoms. The second-order valence-corrected chi connectivity index (χ2v) is 5.54. The smallest absolute Gasteiger partial charge is 0.338 e. The number of esters is 1. The Balaban J connectivity index is 2.03. The molecule has 1 aliphatic rings. The third-order valence-electron chi connectivity index (χ3n) is 3.94. The average Bonchev–Trinajstić information content (AvgIpc) is 2.93. The summed E-state index contributed by atoms with van der Waals surface area (Å²) in [6.07, 6.45) is 3.63. The Hall–Kier alpha value is -1.55. The van der Waals surface area contributed by atoms with Gasteiger partial charge in [0, 0.05) is 17.8 Å². The van der Waals surface area contributed by atoms with Crippen LogP contribution in [0.2, 0.25) is 0 Å². The van der Waals surface area contributed by atoms with Crippen molar-refractivity contribution in [3.63, 3.8) is 0 Å². The Morgan fingerprint density at radius 3 is 3.00 bits per heavy atom. The predicted octanol–water partition coefficient (Wildman–Crippen LogP) is 2.72. The maximum Gasteiger partial charge on any atom is 0.338 e. The van der Waals surface area contributed by atoms with Crippen molar-refractivity contribution in [3.8, 4) is 0 Å². The van der Waals surface area contributed by atoms with Crippen LogP contribution in [0.5, 0.6) is 0 Å². The lowest BCUT2D eigenvalue weighted by Crippen LogP contribution is -2.29.